The van der Waals surface area contributed by atoms with E-state index in [0.29, 0.717) is 16.9 Å². The molecule has 1 aromatic heterocycles. The molecule has 12 unspecified atom stereocenters. The highest BCUT2D eigenvalue weighted by Crippen LogP contribution is 2.27. The maximum absolute atomic E-state index is 15.5. The van der Waals surface area contributed by atoms with E-state index in [1.165, 1.54) is 94.8 Å². The van der Waals surface area contributed by atoms with Crippen molar-refractivity contribution in [2.24, 2.45) is 41.4 Å². The normalized spacial score (nSPS) is 25.2. The first kappa shape index (κ1) is 81.5. The summed E-state index contributed by atoms with van der Waals surface area (Å²) in [5, 5.41) is 23.6. The second kappa shape index (κ2) is 35.9. The van der Waals surface area contributed by atoms with E-state index in [-0.39, 0.29) is 67.8 Å². The van der Waals surface area contributed by atoms with E-state index in [9.17, 15) is 43.5 Å². The van der Waals surface area contributed by atoms with Gasteiger partial charge in [0.1, 0.15) is 71.8 Å². The number of imidazole rings is 1. The zero-order valence-electron chi connectivity index (χ0n) is 60.9. The van der Waals surface area contributed by atoms with Crippen LogP contribution < -0.4 is 21.3 Å². The molecule has 2 aromatic rings. The Morgan fingerprint density at radius 3 is 1.49 bits per heavy atom. The average Bonchev–Trinajstić information content (AvgIpc) is 1.69. The molecule has 1 fully saturated rings. The lowest BCUT2D eigenvalue weighted by Gasteiger charge is -2.41. The maximum atomic E-state index is 15.5. The van der Waals surface area contributed by atoms with Crippen LogP contribution in [-0.2, 0) is 63.9 Å². The molecule has 0 saturated carbocycles. The molecule has 11 amide bonds. The number of rotatable bonds is 16. The highest BCUT2D eigenvalue weighted by Gasteiger charge is 2.46. The second-order valence-corrected chi connectivity index (χ2v) is 28.4. The number of amides is 11. The quantitative estimate of drug-likeness (QED) is 0.132. The molecule has 0 spiro atoms. The summed E-state index contributed by atoms with van der Waals surface area (Å²) in [6, 6.07) is -8.03. The van der Waals surface area contributed by atoms with Gasteiger partial charge in [-0.15, -0.1) is 0 Å². The van der Waals surface area contributed by atoms with Crippen molar-refractivity contribution in [2.45, 2.75) is 216 Å². The number of carbonyl (C=O) groups excluding carboxylic acids is 12. The predicted molar refractivity (Wildman–Crippen MR) is 360 cm³/mol. The molecular formula is C68H113N13O14. The summed E-state index contributed by atoms with van der Waals surface area (Å²) in [6.45, 7) is 27.1. The van der Waals surface area contributed by atoms with Gasteiger partial charge in [-0.1, -0.05) is 103 Å². The summed E-state index contributed by atoms with van der Waals surface area (Å²) >= 11 is 0. The van der Waals surface area contributed by atoms with Crippen molar-refractivity contribution in [3.63, 3.8) is 0 Å². The number of nitrogens with one attached hydrogen (secondary N) is 5. The van der Waals surface area contributed by atoms with Gasteiger partial charge in [-0.25, -0.2) is 9.78 Å². The monoisotopic (exact) mass is 1340 g/mol. The third kappa shape index (κ3) is 21.1. The third-order valence-corrected chi connectivity index (χ3v) is 17.8. The van der Waals surface area contributed by atoms with Crippen LogP contribution in [0.3, 0.4) is 0 Å². The van der Waals surface area contributed by atoms with Crippen LogP contribution in [0.2, 0.25) is 0 Å². The Morgan fingerprint density at radius 1 is 0.537 bits per heavy atom. The van der Waals surface area contributed by atoms with Gasteiger partial charge >= 0.3 is 5.97 Å². The molecule has 0 aliphatic carbocycles. The van der Waals surface area contributed by atoms with Gasteiger partial charge in [-0.2, -0.15) is 0 Å². The molecule has 3 rings (SSSR count). The number of ether oxygens (including phenoxy) is 1. The maximum Gasteiger partial charge on any atom is 0.340 e. The van der Waals surface area contributed by atoms with Crippen molar-refractivity contribution >= 4 is 82.0 Å². The number of fused-ring (bicyclic) bond motifs is 1. The van der Waals surface area contributed by atoms with Gasteiger partial charge in [0.2, 0.25) is 65.0 Å². The summed E-state index contributed by atoms with van der Waals surface area (Å²) in [7, 11) is 11.0. The highest BCUT2D eigenvalue weighted by molar-refractivity contribution is 6.02. The van der Waals surface area contributed by atoms with E-state index >= 15 is 19.2 Å². The molecule has 95 heavy (non-hydrogen) atoms. The van der Waals surface area contributed by atoms with E-state index in [2.05, 4.69) is 31.2 Å². The second-order valence-electron chi connectivity index (χ2n) is 28.4. The number of benzene rings is 1. The molecule has 534 valence electrons. The number of hydrogen-bond donors (Lipinski definition) is 6. The Morgan fingerprint density at radius 2 is 1.00 bits per heavy atom. The number of aliphatic hydroxyl groups excluding tert-OH is 1. The van der Waals surface area contributed by atoms with E-state index in [0.717, 1.165) is 9.80 Å². The van der Waals surface area contributed by atoms with Crippen LogP contribution in [0.25, 0.3) is 11.0 Å². The van der Waals surface area contributed by atoms with Gasteiger partial charge in [-0.3, -0.25) is 52.7 Å². The summed E-state index contributed by atoms with van der Waals surface area (Å²) < 4.78 is 4.98. The number of likely N-dealkylation sites (N-methyl/N-ethyl adjacent to an activating group) is 7. The Bertz CT molecular complexity index is 3040. The molecule has 12 atom stereocenters. The SMILES string of the molecule is CCC1NC(=O)C(C(O)C(C)Cc2nc3c(C(=O)OC)cccc3[nH]2)N(C)C(=O)C(C(C)C)N(C)C(=O)C(CC(C)C)N(C)C(=O)C(CC(C)C)N(C)C(=O)C(C)NC(=O)C(C)NC(=O)C(CC(C)C)N(C)C(=O)C(C(C)C)NC(=O)C(CC(C)C)N(C)C(=O)CN(C)C1=O. The molecule has 2 heterocycles. The van der Waals surface area contributed by atoms with Crippen LogP contribution >= 0.6 is 0 Å². The number of carbonyl (C=O) groups is 12. The van der Waals surface area contributed by atoms with E-state index in [1.807, 2.05) is 55.4 Å². The number of aromatic nitrogens is 2. The van der Waals surface area contributed by atoms with Crippen LogP contribution in [0, 0.1) is 41.4 Å². The molecule has 1 saturated heterocycles. The predicted octanol–water partition coefficient (Wildman–Crippen LogP) is 3.21. The standard InChI is InChI=1S/C68H113N13O14/c1-25-45-63(89)75(17)34-52(82)76(18)47(29-35(2)3)60(86)74-53(39(10)11)66(92)77(19)48(30-36(4)5)59(85)69-42(15)58(84)70-43(16)62(88)78(20)49(31-37(6)7)64(90)79(21)50(32-38(8)9)65(91)80(22)55(40(12)13)67(93)81(23)56(61(87)72-45)57(83)41(14)33-51-71-46-28-26-27-44(54(46)73-51)68(94)95-24/h26-28,35-43,45,47-50,53,55-57,83H,25,29-34H2,1-24H3,(H,69,85)(H,70,84)(H,71,73)(H,72,87)(H,74,86). The molecule has 0 bridgehead atoms. The Kier molecular flexibility index (Phi) is 30.8. The number of aliphatic hydroxyl groups is 1. The number of aromatic amines is 1. The molecule has 1 aliphatic heterocycles. The molecular weight excluding hydrogens is 1220 g/mol. The van der Waals surface area contributed by atoms with Crippen LogP contribution in [0.4, 0.5) is 0 Å². The minimum absolute atomic E-state index is 0.0378. The van der Waals surface area contributed by atoms with Crippen molar-refractivity contribution in [3.05, 3.63) is 29.6 Å². The van der Waals surface area contributed by atoms with E-state index < -0.39 is 162 Å². The van der Waals surface area contributed by atoms with Gasteiger partial charge in [0, 0.05) is 55.8 Å². The van der Waals surface area contributed by atoms with Crippen LogP contribution in [0.5, 0.6) is 0 Å². The molecule has 1 aromatic carbocycles. The number of methoxy groups -OCH3 is 1. The van der Waals surface area contributed by atoms with Gasteiger partial charge in [0.05, 0.1) is 30.8 Å². The van der Waals surface area contributed by atoms with Gasteiger partial charge in [0.25, 0.3) is 0 Å². The zero-order valence-corrected chi connectivity index (χ0v) is 60.9. The fourth-order valence-corrected chi connectivity index (χ4v) is 12.1. The Hall–Kier alpha value is -7.71. The lowest BCUT2D eigenvalue weighted by molar-refractivity contribution is -0.157. The topological polar surface area (TPSA) is 334 Å². The molecule has 27 nitrogen and oxygen atoms in total. The Balaban J connectivity index is 2.34. The number of H-pyrrole nitrogens is 1. The highest BCUT2D eigenvalue weighted by atomic mass is 16.5. The number of nitrogens with zero attached hydrogens (tertiary/aromatic N) is 8. The minimum atomic E-state index is -1.78. The molecule has 1 aliphatic rings. The summed E-state index contributed by atoms with van der Waals surface area (Å²) in [6.07, 6.45) is -1.30. The first-order valence-electron chi connectivity index (χ1n) is 33.4. The number of para-hydroxylation sites is 1. The smallest absolute Gasteiger partial charge is 0.340 e. The van der Waals surface area contributed by atoms with E-state index in [1.54, 1.807) is 59.7 Å². The van der Waals surface area contributed by atoms with E-state index in [4.69, 9.17) is 4.74 Å². The van der Waals surface area contributed by atoms with Gasteiger partial charge in [0.15, 0.2) is 0 Å². The lowest BCUT2D eigenvalue weighted by Crippen LogP contribution is -2.63. The van der Waals surface area contributed by atoms with Crippen molar-refractivity contribution in [2.75, 3.05) is 63.0 Å². The van der Waals surface area contributed by atoms with Crippen LogP contribution in [-0.4, -0.2) is 250 Å². The van der Waals surface area contributed by atoms with Crippen LogP contribution in [0.15, 0.2) is 18.2 Å². The number of esters is 1. The summed E-state index contributed by atoms with van der Waals surface area (Å²) in [4.78, 5) is 191. The van der Waals surface area contributed by atoms with Gasteiger partial charge in [-0.05, 0) is 99.5 Å². The summed E-state index contributed by atoms with van der Waals surface area (Å²) in [5.74, 6) is -11.0. The molecule has 6 N–H and O–H groups in total. The largest absolute Gasteiger partial charge is 0.465 e. The first-order valence-corrected chi connectivity index (χ1v) is 33.4. The molecule has 0 radical (unpaired) electrons. The Labute approximate surface area is 562 Å². The zero-order chi connectivity index (χ0) is 72.7. The third-order valence-electron chi connectivity index (χ3n) is 17.8. The van der Waals surface area contributed by atoms with Crippen molar-refractivity contribution in [3.8, 4) is 0 Å². The lowest BCUT2D eigenvalue weighted by atomic mass is 9.91. The minimum Gasteiger partial charge on any atom is -0.465 e. The average molecular weight is 1340 g/mol. The molecule has 27 heteroatoms. The van der Waals surface area contributed by atoms with Gasteiger partial charge < -0.3 is 70.4 Å². The van der Waals surface area contributed by atoms with Crippen LogP contribution in [0.1, 0.15) is 159 Å². The first-order chi connectivity index (χ1) is 44.1. The fraction of sp³-hybridized carbons (Fsp3) is 0.721. The van der Waals surface area contributed by atoms with Crippen molar-refractivity contribution < 1.29 is 67.4 Å². The number of hydrogen-bond acceptors (Lipinski definition) is 15. The summed E-state index contributed by atoms with van der Waals surface area (Å²) in [5.41, 5.74) is 0.958. The van der Waals surface area contributed by atoms with Crippen molar-refractivity contribution in [1.29, 1.82) is 0 Å². The fourth-order valence-electron chi connectivity index (χ4n) is 12.1. The van der Waals surface area contributed by atoms with Crippen molar-refractivity contribution in [1.82, 2.24) is 65.5 Å².